The number of fused-ring (bicyclic) bond motifs is 10. The molecule has 3 heterocycles. The Bertz CT molecular complexity index is 3120. The smallest absolute Gasteiger partial charge is 0.137 e. The van der Waals surface area contributed by atoms with Crippen molar-refractivity contribution in [3.05, 3.63) is 182 Å². The third-order valence-electron chi connectivity index (χ3n) is 10.5. The summed E-state index contributed by atoms with van der Waals surface area (Å²) < 4.78 is 11.2. The molecule has 3 heteroatoms. The first-order chi connectivity index (χ1) is 25.3. The Morgan fingerprint density at radius 2 is 0.843 bits per heavy atom. The third kappa shape index (κ3) is 4.12. The summed E-state index contributed by atoms with van der Waals surface area (Å²) in [6, 6.07) is 65.4. The van der Waals surface area contributed by atoms with E-state index in [4.69, 9.17) is 4.42 Å². The molecule has 11 rings (SSSR count). The Kier molecular flexibility index (Phi) is 5.96. The van der Waals surface area contributed by atoms with E-state index in [9.17, 15) is 0 Å². The van der Waals surface area contributed by atoms with Crippen molar-refractivity contribution in [2.24, 2.45) is 0 Å². The van der Waals surface area contributed by atoms with Crippen molar-refractivity contribution in [3.63, 3.8) is 0 Å². The maximum absolute atomic E-state index is 6.34. The summed E-state index contributed by atoms with van der Waals surface area (Å²) in [4.78, 5) is 0. The van der Waals surface area contributed by atoms with E-state index in [1.54, 1.807) is 0 Å². The molecule has 0 aliphatic rings. The molecular weight excluding hydrogens is 621 g/mol. The molecule has 0 aliphatic heterocycles. The molecular formula is C48H30N2O. The molecule has 0 aliphatic carbocycles. The summed E-state index contributed by atoms with van der Waals surface area (Å²) in [6.07, 6.45) is 0. The van der Waals surface area contributed by atoms with Crippen LogP contribution < -0.4 is 0 Å². The van der Waals surface area contributed by atoms with Gasteiger partial charge in [-0.1, -0.05) is 121 Å². The molecule has 0 saturated carbocycles. The highest BCUT2D eigenvalue weighted by Gasteiger charge is 2.22. The van der Waals surface area contributed by atoms with Crippen LogP contribution in [0.3, 0.4) is 0 Å². The first-order valence-corrected chi connectivity index (χ1v) is 17.4. The topological polar surface area (TPSA) is 23.0 Å². The second-order valence-corrected chi connectivity index (χ2v) is 13.3. The van der Waals surface area contributed by atoms with Crippen LogP contribution in [-0.2, 0) is 0 Å². The van der Waals surface area contributed by atoms with Crippen LogP contribution in [0, 0.1) is 0 Å². The second-order valence-electron chi connectivity index (χ2n) is 13.3. The molecule has 0 amide bonds. The Morgan fingerprint density at radius 1 is 0.314 bits per heavy atom. The lowest BCUT2D eigenvalue weighted by atomic mass is 9.99. The van der Waals surface area contributed by atoms with Crippen molar-refractivity contribution in [2.45, 2.75) is 0 Å². The first-order valence-electron chi connectivity index (χ1n) is 17.4. The maximum atomic E-state index is 6.34. The van der Waals surface area contributed by atoms with Gasteiger partial charge in [0.05, 0.1) is 33.1 Å². The Labute approximate surface area is 293 Å². The maximum Gasteiger partial charge on any atom is 0.137 e. The minimum absolute atomic E-state index is 0.896. The third-order valence-corrected chi connectivity index (χ3v) is 10.5. The van der Waals surface area contributed by atoms with E-state index in [-0.39, 0.29) is 0 Å². The van der Waals surface area contributed by atoms with E-state index >= 15 is 0 Å². The van der Waals surface area contributed by atoms with Crippen molar-refractivity contribution in [2.75, 3.05) is 0 Å². The van der Waals surface area contributed by atoms with Crippen LogP contribution in [0.15, 0.2) is 186 Å². The van der Waals surface area contributed by atoms with E-state index in [1.807, 2.05) is 6.07 Å². The molecule has 3 nitrogen and oxygen atoms in total. The van der Waals surface area contributed by atoms with Gasteiger partial charge in [-0.25, -0.2) is 0 Å². The summed E-state index contributed by atoms with van der Waals surface area (Å²) in [5.41, 5.74) is 13.7. The number of rotatable bonds is 4. The van der Waals surface area contributed by atoms with E-state index in [2.05, 4.69) is 185 Å². The highest BCUT2D eigenvalue weighted by molar-refractivity contribution is 6.29. The van der Waals surface area contributed by atoms with Gasteiger partial charge in [0.2, 0.25) is 0 Å². The quantitative estimate of drug-likeness (QED) is 0.186. The van der Waals surface area contributed by atoms with Crippen LogP contribution in [0.5, 0.6) is 0 Å². The zero-order valence-corrected chi connectivity index (χ0v) is 27.6. The van der Waals surface area contributed by atoms with E-state index in [0.717, 1.165) is 33.3 Å². The van der Waals surface area contributed by atoms with Crippen molar-refractivity contribution < 1.29 is 4.42 Å². The van der Waals surface area contributed by atoms with Gasteiger partial charge in [-0.2, -0.15) is 0 Å². The summed E-state index contributed by atoms with van der Waals surface area (Å²) in [5, 5.41) is 7.26. The average molecular weight is 651 g/mol. The van der Waals surface area contributed by atoms with E-state index in [1.165, 1.54) is 65.9 Å². The van der Waals surface area contributed by atoms with Gasteiger partial charge in [-0.15, -0.1) is 0 Å². The van der Waals surface area contributed by atoms with E-state index < -0.39 is 0 Å². The lowest BCUT2D eigenvalue weighted by Gasteiger charge is -2.11. The summed E-state index contributed by atoms with van der Waals surface area (Å²) in [5.74, 6) is 0. The van der Waals surface area contributed by atoms with Crippen LogP contribution in [0.4, 0.5) is 0 Å². The molecule has 0 saturated heterocycles. The van der Waals surface area contributed by atoms with Gasteiger partial charge >= 0.3 is 0 Å². The summed E-state index contributed by atoms with van der Waals surface area (Å²) >= 11 is 0. The van der Waals surface area contributed by atoms with Gasteiger partial charge in [0.15, 0.2) is 0 Å². The van der Waals surface area contributed by atoms with Crippen LogP contribution in [-0.4, -0.2) is 9.13 Å². The Hall–Kier alpha value is -6.84. The molecule has 0 bridgehead atoms. The van der Waals surface area contributed by atoms with Crippen molar-refractivity contribution >= 4 is 65.6 Å². The highest BCUT2D eigenvalue weighted by atomic mass is 16.3. The van der Waals surface area contributed by atoms with Gasteiger partial charge in [-0.3, -0.25) is 0 Å². The fraction of sp³-hybridized carbons (Fsp3) is 0. The summed E-state index contributed by atoms with van der Waals surface area (Å²) in [6.45, 7) is 0. The van der Waals surface area contributed by atoms with Gasteiger partial charge in [0.25, 0.3) is 0 Å². The largest absolute Gasteiger partial charge is 0.456 e. The van der Waals surface area contributed by atoms with Crippen molar-refractivity contribution in [3.8, 4) is 33.6 Å². The van der Waals surface area contributed by atoms with Crippen LogP contribution >= 0.6 is 0 Å². The SMILES string of the molecule is c1ccc(-c2cccc(-c3ccc(-n4c5ccccc5c5c6c7ccccc7n(-c7cccc8oc9ccccc9c78)c6ccc54)cc3)c2)cc1. The molecule has 0 N–H and O–H groups in total. The van der Waals surface area contributed by atoms with Gasteiger partial charge < -0.3 is 13.6 Å². The molecule has 0 unspecified atom stereocenters. The number of hydrogen-bond acceptors (Lipinski definition) is 1. The van der Waals surface area contributed by atoms with E-state index in [0.29, 0.717) is 0 Å². The molecule has 0 spiro atoms. The van der Waals surface area contributed by atoms with Gasteiger partial charge in [0.1, 0.15) is 11.2 Å². The predicted molar refractivity (Wildman–Crippen MR) is 213 cm³/mol. The molecule has 0 atom stereocenters. The van der Waals surface area contributed by atoms with Gasteiger partial charge in [0, 0.05) is 32.6 Å². The minimum atomic E-state index is 0.896. The molecule has 238 valence electrons. The number of nitrogens with zero attached hydrogens (tertiary/aromatic N) is 2. The zero-order valence-electron chi connectivity index (χ0n) is 27.6. The normalized spacial score (nSPS) is 11.9. The molecule has 8 aromatic carbocycles. The number of aromatic nitrogens is 2. The molecule has 0 radical (unpaired) electrons. The standard InChI is InChI=1S/C48H30N2O/c1-2-12-31(13-3-1)33-14-10-15-34(30-33)32-24-26-35(27-25-32)49-39-19-7-4-16-36(39)47-42(49)28-29-43-48(47)37-17-5-8-20-40(37)50(43)41-21-11-23-45-46(41)38-18-6-9-22-44(38)51-45/h1-30H. The van der Waals surface area contributed by atoms with Gasteiger partial charge in [-0.05, 0) is 82.9 Å². The fourth-order valence-corrected chi connectivity index (χ4v) is 8.31. The predicted octanol–water partition coefficient (Wildman–Crippen LogP) is 13.1. The minimum Gasteiger partial charge on any atom is -0.456 e. The monoisotopic (exact) mass is 650 g/mol. The summed E-state index contributed by atoms with van der Waals surface area (Å²) in [7, 11) is 0. The zero-order chi connectivity index (χ0) is 33.5. The molecule has 11 aromatic rings. The van der Waals surface area contributed by atoms with Crippen molar-refractivity contribution in [1.29, 1.82) is 0 Å². The number of para-hydroxylation sites is 3. The first kappa shape index (κ1) is 28.0. The Morgan fingerprint density at radius 3 is 1.57 bits per heavy atom. The van der Waals surface area contributed by atoms with Crippen LogP contribution in [0.1, 0.15) is 0 Å². The van der Waals surface area contributed by atoms with Crippen LogP contribution in [0.25, 0.3) is 99.2 Å². The highest BCUT2D eigenvalue weighted by Crippen LogP contribution is 2.44. The molecule has 51 heavy (non-hydrogen) atoms. The van der Waals surface area contributed by atoms with Crippen molar-refractivity contribution in [1.82, 2.24) is 9.13 Å². The molecule has 3 aromatic heterocycles. The number of furan rings is 1. The second kappa shape index (κ2) is 10.8. The lowest BCUT2D eigenvalue weighted by molar-refractivity contribution is 0.669. The van der Waals surface area contributed by atoms with Crippen LogP contribution in [0.2, 0.25) is 0 Å². The average Bonchev–Trinajstić information content (AvgIpc) is 3.86. The Balaban J connectivity index is 1.14. The fourth-order valence-electron chi connectivity index (χ4n) is 8.31. The number of benzene rings is 8. The number of hydrogen-bond donors (Lipinski definition) is 0. The lowest BCUT2D eigenvalue weighted by Crippen LogP contribution is -1.95. The molecule has 0 fully saturated rings.